The maximum atomic E-state index is 13.2. The lowest BCUT2D eigenvalue weighted by molar-refractivity contribution is -0.405. The second-order valence-corrected chi connectivity index (χ2v) is 29.6. The number of nitrogens with one attached hydrogen (secondary N) is 6. The molecule has 29 N–H and O–H groups in total. The van der Waals surface area contributed by atoms with Crippen molar-refractivity contribution in [1.29, 1.82) is 0 Å². The maximum Gasteiger partial charge on any atom is 0.217 e. The molecule has 0 spiro atoms. The van der Waals surface area contributed by atoms with Gasteiger partial charge in [-0.05, 0) is 0 Å². The fraction of sp³-hybridized carbons (Fsp3) is 0.909. The minimum Gasteiger partial charge on any atom is -0.394 e. The van der Waals surface area contributed by atoms with Crippen molar-refractivity contribution in [1.82, 2.24) is 31.9 Å². The van der Waals surface area contributed by atoms with E-state index < -0.39 is 371 Å². The van der Waals surface area contributed by atoms with E-state index >= 15 is 0 Å². The second kappa shape index (κ2) is 42.7. The van der Waals surface area contributed by atoms with Gasteiger partial charge in [-0.15, -0.1) is 0 Å². The molecule has 1 unspecified atom stereocenters. The first-order valence-corrected chi connectivity index (χ1v) is 37.6. The summed E-state index contributed by atoms with van der Waals surface area (Å²) in [5.41, 5.74) is 0. The van der Waals surface area contributed by atoms with Gasteiger partial charge in [-0.2, -0.15) is 0 Å². The highest BCUT2D eigenvalue weighted by molar-refractivity contribution is 5.75. The summed E-state index contributed by atoms with van der Waals surface area (Å²) in [5.74, 6) is -5.42. The second-order valence-electron chi connectivity index (χ2n) is 29.6. The Labute approximate surface area is 669 Å². The van der Waals surface area contributed by atoms with Crippen molar-refractivity contribution in [3.63, 3.8) is 0 Å². The third kappa shape index (κ3) is 21.9. The Kier molecular flexibility index (Phi) is 35.1. The normalized spacial score (nSPS) is 46.9. The van der Waals surface area contributed by atoms with E-state index in [1.165, 1.54) is 0 Å². The molecule has 0 aromatic heterocycles. The van der Waals surface area contributed by atoms with Gasteiger partial charge in [0.1, 0.15) is 219 Å². The van der Waals surface area contributed by atoms with Crippen molar-refractivity contribution in [2.75, 3.05) is 59.5 Å². The van der Waals surface area contributed by atoms with Crippen molar-refractivity contribution in [3.05, 3.63) is 0 Å². The molecular weight excluding hydrogens is 1610 g/mol. The van der Waals surface area contributed by atoms with Crippen molar-refractivity contribution < 1.29 is 227 Å². The topological polar surface area (TPSA) is 797 Å². The molecule has 0 saturated carbocycles. The molecule has 9 aliphatic heterocycles. The molecule has 6 amide bonds. The van der Waals surface area contributed by atoms with Crippen molar-refractivity contribution in [2.24, 2.45) is 0 Å². The Hall–Kier alpha value is -4.78. The summed E-state index contributed by atoms with van der Waals surface area (Å²) in [5, 5.41) is 274. The Morgan fingerprint density at radius 1 is 0.220 bits per heavy atom. The summed E-state index contributed by atoms with van der Waals surface area (Å²) in [6.07, 6.45) is -83.4. The molecule has 9 fully saturated rings. The van der Waals surface area contributed by atoms with E-state index in [0.717, 1.165) is 41.5 Å². The largest absolute Gasteiger partial charge is 0.394 e. The Morgan fingerprint density at radius 2 is 0.458 bits per heavy atom. The molecule has 9 aliphatic rings. The molecule has 0 aliphatic carbocycles. The van der Waals surface area contributed by atoms with Crippen LogP contribution >= 0.6 is 0 Å². The number of aliphatic hydroxyl groups excluding tert-OH is 23. The molecule has 0 aromatic carbocycles. The summed E-state index contributed by atoms with van der Waals surface area (Å²) in [4.78, 5) is 76.4. The molecule has 0 radical (unpaired) electrons. The van der Waals surface area contributed by atoms with Crippen LogP contribution in [-0.2, 0) is 109 Å². The maximum absolute atomic E-state index is 13.2. The van der Waals surface area contributed by atoms with E-state index in [9.17, 15) is 146 Å². The molecule has 118 heavy (non-hydrogen) atoms. The van der Waals surface area contributed by atoms with Crippen LogP contribution in [0.15, 0.2) is 0 Å². The average molecular weight is 1720 g/mol. The van der Waals surface area contributed by atoms with Crippen LogP contribution in [0.3, 0.4) is 0 Å². The molecule has 9 saturated heterocycles. The SMILES string of the molecule is CC(=O)N[C@H]1[C@H](O[C@H]2[C@H](O)[C@@H](NC(C)=O)C(O)O[C@@H]2CO)O[C@H](CO)[C@@H](O[C@@H]2O[C@H](CO[C@H]3O[C@H](CO)[C@@H](O[C@@H]4O[C@H](CO)[C@@H](O)[C@H](O)[C@H]4NC(C)=O)[C@H](O)[C@@H]3O[C@@H]3O[C@H](CO)[C@@H](O)[C@H](O)[C@H]3NC(C)=O)[C@@H](O[C@@H]3O[C@H](CO)[C@@H](O)[C@H](O)[C@H]3NC(C)=O)[C@H](O[C@H]3O[C@H](CO)[C@@H](O[C@@H]4O[C@H](CO)[C@@H](O)[C@H](O)[C@H]4NC(C)=O)[C@H](O)[C@@H]3O)[C@@H]2O)[C@@H]1O. The highest BCUT2D eigenvalue weighted by Gasteiger charge is 2.62. The standard InChI is InChI=1S/C66H110N6O46/c1-16(81)67-31-45(95)51(26(11-77)103-58(31)101)112-63-36(72-21(6)86)46(96)52(27(12-78)108-63)115-65-50(100)56(117-64-48(98)47(97)53(28(13-79)109-64)113-59-32(68-17(2)82)41(91)37(87)22(7-73)104-59)55(116-61-34(70-19(4)84)43(93)39(89)24(9-75)106-61)30(111-65)15-102-66-57(118-62-35(71-20(5)85)44(94)40(90)25(10-76)107-62)49(99)54(29(14-80)110-66)114-60-33(69-18(3)83)42(92)38(88)23(8-74)105-60/h22-66,73-80,87-101H,7-15H2,1-6H3,(H,67,81)(H,68,82)(H,69,83)(H,70,84)(H,71,85)(H,72,86)/t22-,23-,24-,25-,26-,27-,28-,29-,30-,31-,32-,33-,34-,35-,36-,37-,38-,39-,40-,41-,42-,43-,44-,45-,46-,47-,48+,49+,50+,51-,52-,53-,54-,55-,56-,57+,58?,59+,60+,61+,62+,63+,64-,65+,66+/m1/s1. The Bertz CT molecular complexity index is 3230. The number of amides is 6. The van der Waals surface area contributed by atoms with Gasteiger partial charge in [0.25, 0.3) is 0 Å². The van der Waals surface area contributed by atoms with Gasteiger partial charge in [-0.3, -0.25) is 28.8 Å². The molecule has 0 aromatic rings. The van der Waals surface area contributed by atoms with Crippen LogP contribution in [0.4, 0.5) is 0 Å². The summed E-state index contributed by atoms with van der Waals surface area (Å²) in [7, 11) is 0. The average Bonchev–Trinajstić information content (AvgIpc) is 0.755. The fourth-order valence-electron chi connectivity index (χ4n) is 15.3. The molecular formula is C66H110N6O46. The van der Waals surface area contributed by atoms with Crippen LogP contribution in [-0.4, -0.2) is 488 Å². The van der Waals surface area contributed by atoms with Gasteiger partial charge in [-0.1, -0.05) is 0 Å². The number of hydrogen-bond acceptors (Lipinski definition) is 46. The quantitative estimate of drug-likeness (QED) is 0.0306. The van der Waals surface area contributed by atoms with Gasteiger partial charge in [0.15, 0.2) is 56.6 Å². The molecule has 9 heterocycles. The van der Waals surface area contributed by atoms with Gasteiger partial charge < -0.3 is 230 Å². The summed E-state index contributed by atoms with van der Waals surface area (Å²) < 4.78 is 104. The first-order chi connectivity index (χ1) is 55.8. The van der Waals surface area contributed by atoms with Crippen LogP contribution in [0.5, 0.6) is 0 Å². The lowest BCUT2D eigenvalue weighted by atomic mass is 9.93. The van der Waals surface area contributed by atoms with Gasteiger partial charge >= 0.3 is 0 Å². The minimum absolute atomic E-state index is 0.807. The highest BCUT2D eigenvalue weighted by atomic mass is 16.8. The molecule has 9 rings (SSSR count). The number of rotatable bonds is 31. The van der Waals surface area contributed by atoms with Crippen molar-refractivity contribution in [2.45, 2.75) is 318 Å². The van der Waals surface area contributed by atoms with E-state index in [1.807, 2.05) is 0 Å². The van der Waals surface area contributed by atoms with E-state index in [4.69, 9.17) is 80.5 Å². The smallest absolute Gasteiger partial charge is 0.217 e. The summed E-state index contributed by atoms with van der Waals surface area (Å²) in [6, 6.07) is -11.1. The predicted octanol–water partition coefficient (Wildman–Crippen LogP) is -19.8. The lowest BCUT2D eigenvalue weighted by Gasteiger charge is -2.52. The number of ether oxygens (including phenoxy) is 17. The third-order valence-corrected chi connectivity index (χ3v) is 21.2. The van der Waals surface area contributed by atoms with Crippen LogP contribution in [0.25, 0.3) is 0 Å². The highest BCUT2D eigenvalue weighted by Crippen LogP contribution is 2.41. The summed E-state index contributed by atoms with van der Waals surface area (Å²) >= 11 is 0. The Balaban J connectivity index is 1.17. The van der Waals surface area contributed by atoms with E-state index in [0.29, 0.717) is 0 Å². The van der Waals surface area contributed by atoms with Gasteiger partial charge in [0.2, 0.25) is 35.4 Å². The lowest BCUT2D eigenvalue weighted by Crippen LogP contribution is -2.71. The third-order valence-electron chi connectivity index (χ3n) is 21.2. The first kappa shape index (κ1) is 97.0. The van der Waals surface area contributed by atoms with Crippen LogP contribution in [0, 0.1) is 0 Å². The molecule has 45 atom stereocenters. The van der Waals surface area contributed by atoms with Crippen molar-refractivity contribution in [3.8, 4) is 0 Å². The van der Waals surface area contributed by atoms with Gasteiger partial charge in [0.05, 0.1) is 59.5 Å². The fourth-order valence-corrected chi connectivity index (χ4v) is 15.3. The van der Waals surface area contributed by atoms with E-state index in [-0.39, 0.29) is 0 Å². The van der Waals surface area contributed by atoms with Crippen LogP contribution in [0.2, 0.25) is 0 Å². The monoisotopic (exact) mass is 1720 g/mol. The number of carbonyl (C=O) groups is 6. The van der Waals surface area contributed by atoms with Crippen molar-refractivity contribution >= 4 is 35.4 Å². The zero-order valence-corrected chi connectivity index (χ0v) is 64.0. The van der Waals surface area contributed by atoms with E-state index in [2.05, 4.69) is 31.9 Å². The molecule has 680 valence electrons. The van der Waals surface area contributed by atoms with Crippen LogP contribution < -0.4 is 31.9 Å². The minimum atomic E-state index is -2.69. The first-order valence-electron chi connectivity index (χ1n) is 37.6. The van der Waals surface area contributed by atoms with Gasteiger partial charge in [-0.25, -0.2) is 0 Å². The summed E-state index contributed by atoms with van der Waals surface area (Å²) in [6.45, 7) is -4.61. The zero-order chi connectivity index (χ0) is 87.1. The molecule has 52 heteroatoms. The van der Waals surface area contributed by atoms with Crippen LogP contribution in [0.1, 0.15) is 41.5 Å². The number of aliphatic hydroxyl groups is 23. The molecule has 52 nitrogen and oxygen atoms in total. The van der Waals surface area contributed by atoms with E-state index in [1.54, 1.807) is 0 Å². The van der Waals surface area contributed by atoms with Gasteiger partial charge in [0, 0.05) is 41.5 Å². The number of hydrogen-bond donors (Lipinski definition) is 29. The number of carbonyl (C=O) groups excluding carboxylic acids is 6. The zero-order valence-electron chi connectivity index (χ0n) is 64.0. The Morgan fingerprint density at radius 3 is 0.805 bits per heavy atom. The predicted molar refractivity (Wildman–Crippen MR) is 367 cm³/mol. The molecule has 0 bridgehead atoms.